The largest absolute Gasteiger partial charge is 0.477 e. The van der Waals surface area contributed by atoms with Crippen LogP contribution < -0.4 is 15.2 Å². The van der Waals surface area contributed by atoms with E-state index in [1.165, 1.54) is 23.6 Å². The molecule has 1 heterocycles. The van der Waals surface area contributed by atoms with Gasteiger partial charge in [0.1, 0.15) is 16.4 Å². The number of nitrogens with two attached hydrogens (primary N) is 1. The maximum atomic E-state index is 12.0. The van der Waals surface area contributed by atoms with Crippen molar-refractivity contribution in [2.24, 2.45) is 0 Å². The number of rotatable bonds is 6. The van der Waals surface area contributed by atoms with Crippen molar-refractivity contribution in [3.05, 3.63) is 100 Å². The third kappa shape index (κ3) is 6.98. The quantitative estimate of drug-likeness (QED) is 0.280. The minimum atomic E-state index is -3.75. The predicted molar refractivity (Wildman–Crippen MR) is 131 cm³/mol. The van der Waals surface area contributed by atoms with Crippen LogP contribution in [-0.2, 0) is 10.0 Å². The van der Waals surface area contributed by atoms with Gasteiger partial charge in [-0.05, 0) is 72.1 Å². The normalized spacial score (nSPS) is 10.6. The van der Waals surface area contributed by atoms with Crippen LogP contribution in [0.25, 0.3) is 0 Å². The van der Waals surface area contributed by atoms with Crippen LogP contribution in [0.15, 0.2) is 95.2 Å². The Morgan fingerprint density at radius 1 is 0.909 bits per heavy atom. The highest BCUT2D eigenvalue weighted by molar-refractivity contribution is 7.92. The molecule has 170 valence electrons. The van der Waals surface area contributed by atoms with Gasteiger partial charge >= 0.3 is 5.97 Å². The molecule has 3 aromatic carbocycles. The molecule has 0 aliphatic carbocycles. The summed E-state index contributed by atoms with van der Waals surface area (Å²) in [6.07, 6.45) is 0. The van der Waals surface area contributed by atoms with Gasteiger partial charge < -0.3 is 15.6 Å². The van der Waals surface area contributed by atoms with Crippen LogP contribution in [0.3, 0.4) is 0 Å². The number of hydrogen-bond donors (Lipinski definition) is 3. The average molecular weight is 503 g/mol. The topological polar surface area (TPSA) is 119 Å². The molecule has 0 spiro atoms. The summed E-state index contributed by atoms with van der Waals surface area (Å²) in [5, 5.41) is 11.1. The van der Waals surface area contributed by atoms with Crippen LogP contribution >= 0.6 is 22.9 Å². The zero-order chi connectivity index (χ0) is 23.8. The van der Waals surface area contributed by atoms with Gasteiger partial charge in [0.15, 0.2) is 0 Å². The molecule has 33 heavy (non-hydrogen) atoms. The van der Waals surface area contributed by atoms with Gasteiger partial charge in [-0.1, -0.05) is 29.8 Å². The number of carboxylic acids is 1. The highest BCUT2D eigenvalue weighted by Crippen LogP contribution is 2.25. The van der Waals surface area contributed by atoms with Crippen molar-refractivity contribution in [2.45, 2.75) is 4.90 Å². The first kappa shape index (κ1) is 24.1. The van der Waals surface area contributed by atoms with Gasteiger partial charge in [0.25, 0.3) is 10.0 Å². The molecule has 7 nitrogen and oxygen atoms in total. The van der Waals surface area contributed by atoms with E-state index >= 15 is 0 Å². The second kappa shape index (κ2) is 10.9. The van der Waals surface area contributed by atoms with Gasteiger partial charge in [0.2, 0.25) is 0 Å². The minimum Gasteiger partial charge on any atom is -0.477 e. The first-order chi connectivity index (χ1) is 15.7. The van der Waals surface area contributed by atoms with Crippen LogP contribution in [0.2, 0.25) is 5.02 Å². The summed E-state index contributed by atoms with van der Waals surface area (Å²) in [4.78, 5) is 10.9. The Morgan fingerprint density at radius 3 is 2.06 bits per heavy atom. The summed E-state index contributed by atoms with van der Waals surface area (Å²) >= 11 is 6.73. The van der Waals surface area contributed by atoms with Gasteiger partial charge in [0, 0.05) is 10.7 Å². The second-order valence-electron chi connectivity index (χ2n) is 6.51. The molecule has 0 bridgehead atoms. The lowest BCUT2D eigenvalue weighted by molar-refractivity contribution is 0.0703. The van der Waals surface area contributed by atoms with E-state index in [0.29, 0.717) is 5.02 Å². The number of halogens is 1. The summed E-state index contributed by atoms with van der Waals surface area (Å²) in [7, 11) is -3.75. The van der Waals surface area contributed by atoms with E-state index in [0.717, 1.165) is 28.5 Å². The van der Waals surface area contributed by atoms with Crippen molar-refractivity contribution < 1.29 is 23.1 Å². The lowest BCUT2D eigenvalue weighted by atomic mass is 10.3. The fourth-order valence-corrected chi connectivity index (χ4v) is 4.50. The molecular weight excluding hydrogens is 484 g/mol. The number of nitrogens with one attached hydrogen (secondary N) is 1. The Labute approximate surface area is 200 Å². The first-order valence-electron chi connectivity index (χ1n) is 9.42. The van der Waals surface area contributed by atoms with Gasteiger partial charge in [-0.3, -0.25) is 4.72 Å². The Hall–Kier alpha value is -3.53. The van der Waals surface area contributed by atoms with Gasteiger partial charge in [-0.2, -0.15) is 0 Å². The van der Waals surface area contributed by atoms with Crippen LogP contribution in [0.1, 0.15) is 9.67 Å². The van der Waals surface area contributed by atoms with E-state index in [-0.39, 0.29) is 15.5 Å². The summed E-state index contributed by atoms with van der Waals surface area (Å²) in [6.45, 7) is 0. The summed E-state index contributed by atoms with van der Waals surface area (Å²) in [5.74, 6) is 0.353. The van der Waals surface area contributed by atoms with Crippen LogP contribution in [0.5, 0.6) is 11.5 Å². The number of carbonyl (C=O) groups is 1. The number of benzene rings is 3. The van der Waals surface area contributed by atoms with Crippen molar-refractivity contribution in [3.8, 4) is 11.5 Å². The lowest BCUT2D eigenvalue weighted by Crippen LogP contribution is -2.14. The van der Waals surface area contributed by atoms with Crippen molar-refractivity contribution in [1.29, 1.82) is 0 Å². The molecule has 0 amide bonds. The summed E-state index contributed by atoms with van der Waals surface area (Å²) < 4.78 is 31.8. The van der Waals surface area contributed by atoms with Crippen molar-refractivity contribution >= 4 is 50.3 Å². The SMILES string of the molecule is Nc1ccc(Oc2ccc(Cl)cc2)cc1.O=C(O)c1sccc1NS(=O)(=O)c1ccccc1. The lowest BCUT2D eigenvalue weighted by Gasteiger charge is -2.07. The molecule has 4 rings (SSSR count). The molecule has 0 atom stereocenters. The number of thiophene rings is 1. The number of nitrogen functional groups attached to an aromatic ring is 1. The number of sulfonamides is 1. The number of anilines is 2. The van der Waals surface area contributed by atoms with E-state index in [1.807, 2.05) is 24.3 Å². The van der Waals surface area contributed by atoms with Crippen LogP contribution in [0.4, 0.5) is 11.4 Å². The van der Waals surface area contributed by atoms with Gasteiger partial charge in [0.05, 0.1) is 10.6 Å². The Kier molecular flexibility index (Phi) is 7.94. The highest BCUT2D eigenvalue weighted by Gasteiger charge is 2.19. The maximum Gasteiger partial charge on any atom is 0.348 e. The molecule has 4 N–H and O–H groups in total. The number of carboxylic acid groups (broad SMARTS) is 1. The molecule has 0 radical (unpaired) electrons. The molecule has 0 saturated carbocycles. The zero-order valence-electron chi connectivity index (χ0n) is 17.0. The Morgan fingerprint density at radius 2 is 1.48 bits per heavy atom. The fourth-order valence-electron chi connectivity index (χ4n) is 2.53. The summed E-state index contributed by atoms with van der Waals surface area (Å²) in [5.41, 5.74) is 6.37. The smallest absolute Gasteiger partial charge is 0.348 e. The van der Waals surface area contributed by atoms with Crippen molar-refractivity contribution in [2.75, 3.05) is 10.5 Å². The minimum absolute atomic E-state index is 0.0329. The Balaban J connectivity index is 0.000000189. The van der Waals surface area contributed by atoms with Crippen LogP contribution in [0, 0.1) is 0 Å². The molecule has 0 unspecified atom stereocenters. The van der Waals surface area contributed by atoms with Crippen LogP contribution in [-0.4, -0.2) is 19.5 Å². The third-order valence-electron chi connectivity index (χ3n) is 4.09. The Bertz CT molecular complexity index is 1260. The number of ether oxygens (including phenoxy) is 1. The van der Waals surface area contributed by atoms with E-state index in [2.05, 4.69) is 4.72 Å². The fraction of sp³-hybridized carbons (Fsp3) is 0. The molecule has 4 aromatic rings. The first-order valence-corrected chi connectivity index (χ1v) is 12.2. The van der Waals surface area contributed by atoms with E-state index in [4.69, 9.17) is 27.2 Å². The van der Waals surface area contributed by atoms with Gasteiger partial charge in [-0.25, -0.2) is 13.2 Å². The molecule has 10 heteroatoms. The summed E-state index contributed by atoms with van der Waals surface area (Å²) in [6, 6.07) is 23.6. The van der Waals surface area contributed by atoms with Crippen molar-refractivity contribution in [3.63, 3.8) is 0 Å². The molecule has 0 aliphatic rings. The van der Waals surface area contributed by atoms with Crippen molar-refractivity contribution in [1.82, 2.24) is 0 Å². The van der Waals surface area contributed by atoms with E-state index in [1.54, 1.807) is 42.5 Å². The molecule has 0 fully saturated rings. The molecule has 0 saturated heterocycles. The number of aromatic carboxylic acids is 1. The molecular formula is C23H19ClN2O5S2. The monoisotopic (exact) mass is 502 g/mol. The third-order valence-corrected chi connectivity index (χ3v) is 6.62. The van der Waals surface area contributed by atoms with E-state index < -0.39 is 16.0 Å². The molecule has 0 aliphatic heterocycles. The standard InChI is InChI=1S/C12H10ClNO.C11H9NO4S2/c13-9-1-5-11(6-2-9)15-12-7-3-10(14)4-8-12;13-11(14)10-9(6-7-17-10)12-18(15,16)8-4-2-1-3-5-8/h1-8H,14H2;1-7,12H,(H,13,14). The predicted octanol–water partition coefficient (Wildman–Crippen LogP) is 5.96. The average Bonchev–Trinajstić information content (AvgIpc) is 3.26. The number of hydrogen-bond acceptors (Lipinski definition) is 6. The highest BCUT2D eigenvalue weighted by atomic mass is 35.5. The molecule has 1 aromatic heterocycles. The van der Waals surface area contributed by atoms with Gasteiger partial charge in [-0.15, -0.1) is 11.3 Å². The second-order valence-corrected chi connectivity index (χ2v) is 9.55. The maximum absolute atomic E-state index is 12.0. The van der Waals surface area contributed by atoms with E-state index in [9.17, 15) is 13.2 Å². The zero-order valence-corrected chi connectivity index (χ0v) is 19.4.